The molecule has 0 saturated carbocycles. The Kier molecular flexibility index (Phi) is 6.88. The molecule has 0 saturated heterocycles. The number of hydrogen-bond donors (Lipinski definition) is 0. The summed E-state index contributed by atoms with van der Waals surface area (Å²) in [5.74, 6) is 0. The molecule has 1 heteroatoms. The quantitative estimate of drug-likeness (QED) is 0.186. The van der Waals surface area contributed by atoms with E-state index in [9.17, 15) is 0 Å². The summed E-state index contributed by atoms with van der Waals surface area (Å²) in [5.41, 5.74) is 16.2. The van der Waals surface area contributed by atoms with Gasteiger partial charge in [0.2, 0.25) is 0 Å². The number of fused-ring (bicyclic) bond motifs is 3. The van der Waals surface area contributed by atoms with Gasteiger partial charge in [0.05, 0.1) is 0 Å². The molecule has 0 aromatic heterocycles. The molecule has 0 spiro atoms. The summed E-state index contributed by atoms with van der Waals surface area (Å²) in [6.45, 7) is 4.68. The summed E-state index contributed by atoms with van der Waals surface area (Å²) < 4.78 is 0. The number of anilines is 3. The smallest absolute Gasteiger partial charge is 0.0462 e. The monoisotopic (exact) mass is 589 g/mol. The fourth-order valence-electron chi connectivity index (χ4n) is 7.10. The van der Waals surface area contributed by atoms with Gasteiger partial charge in [-0.25, -0.2) is 0 Å². The van der Waals surface area contributed by atoms with Crippen molar-refractivity contribution in [3.63, 3.8) is 0 Å². The van der Waals surface area contributed by atoms with E-state index in [1.807, 2.05) is 0 Å². The number of hydrogen-bond acceptors (Lipinski definition) is 1. The number of benzene rings is 7. The highest BCUT2D eigenvalue weighted by molar-refractivity contribution is 5.93. The number of rotatable bonds is 6. The lowest BCUT2D eigenvalue weighted by atomic mass is 9.82. The fourth-order valence-corrected chi connectivity index (χ4v) is 7.10. The highest BCUT2D eigenvalue weighted by atomic mass is 15.1. The van der Waals surface area contributed by atoms with Crippen LogP contribution in [-0.2, 0) is 5.41 Å². The topological polar surface area (TPSA) is 3.24 Å². The molecule has 0 fully saturated rings. The zero-order valence-corrected chi connectivity index (χ0v) is 26.2. The van der Waals surface area contributed by atoms with E-state index in [1.165, 1.54) is 55.6 Å². The first-order valence-corrected chi connectivity index (χ1v) is 16.0. The standard InChI is InChI=1S/C45H35N/c1-45(2)42-18-10-9-16-41(42)44-40(17-11-19-43(44)45)36-24-30-39(31-25-36)46(37-26-20-34(21-27-37)32-12-5-3-6-13-32)38-28-22-35(23-29-38)33-14-7-4-8-15-33/h3-31H,1-2H3. The Hall–Kier alpha value is -5.66. The van der Waals surface area contributed by atoms with Crippen LogP contribution in [0.1, 0.15) is 25.0 Å². The Morgan fingerprint density at radius 2 is 0.717 bits per heavy atom. The Bertz CT molecular complexity index is 2040. The highest BCUT2D eigenvalue weighted by Crippen LogP contribution is 2.52. The lowest BCUT2D eigenvalue weighted by molar-refractivity contribution is 0.660. The van der Waals surface area contributed by atoms with Crippen molar-refractivity contribution in [1.29, 1.82) is 0 Å². The maximum atomic E-state index is 2.35. The highest BCUT2D eigenvalue weighted by Gasteiger charge is 2.36. The van der Waals surface area contributed by atoms with E-state index in [4.69, 9.17) is 0 Å². The van der Waals surface area contributed by atoms with Gasteiger partial charge in [-0.15, -0.1) is 0 Å². The van der Waals surface area contributed by atoms with Crippen molar-refractivity contribution >= 4 is 17.1 Å². The summed E-state index contributed by atoms with van der Waals surface area (Å²) in [6.07, 6.45) is 0. The molecule has 0 aliphatic heterocycles. The molecule has 1 aliphatic carbocycles. The van der Waals surface area contributed by atoms with Crippen LogP contribution in [0.5, 0.6) is 0 Å². The Morgan fingerprint density at radius 3 is 1.24 bits per heavy atom. The van der Waals surface area contributed by atoms with E-state index in [2.05, 4.69) is 195 Å². The largest absolute Gasteiger partial charge is 0.311 e. The van der Waals surface area contributed by atoms with Gasteiger partial charge in [-0.3, -0.25) is 0 Å². The molecule has 0 N–H and O–H groups in total. The molecule has 0 unspecified atom stereocenters. The van der Waals surface area contributed by atoms with Gasteiger partial charge in [0.25, 0.3) is 0 Å². The summed E-state index contributed by atoms with van der Waals surface area (Å²) >= 11 is 0. The third kappa shape index (κ3) is 4.82. The van der Waals surface area contributed by atoms with Crippen molar-refractivity contribution < 1.29 is 0 Å². The van der Waals surface area contributed by atoms with Crippen LogP contribution >= 0.6 is 0 Å². The van der Waals surface area contributed by atoms with E-state index in [0.29, 0.717) is 0 Å². The zero-order valence-electron chi connectivity index (χ0n) is 26.2. The van der Waals surface area contributed by atoms with E-state index in [1.54, 1.807) is 0 Å². The zero-order chi connectivity index (χ0) is 31.1. The molecule has 0 heterocycles. The minimum atomic E-state index is -0.0174. The van der Waals surface area contributed by atoms with Crippen LogP contribution in [0.3, 0.4) is 0 Å². The average molecular weight is 590 g/mol. The maximum Gasteiger partial charge on any atom is 0.0462 e. The molecule has 0 radical (unpaired) electrons. The second-order valence-electron chi connectivity index (χ2n) is 12.6. The van der Waals surface area contributed by atoms with Crippen LogP contribution in [0.25, 0.3) is 44.5 Å². The lowest BCUT2D eigenvalue weighted by Crippen LogP contribution is -2.14. The maximum absolute atomic E-state index is 2.35. The van der Waals surface area contributed by atoms with Crippen molar-refractivity contribution in [2.75, 3.05) is 4.90 Å². The van der Waals surface area contributed by atoms with Crippen LogP contribution in [0, 0.1) is 0 Å². The Balaban J connectivity index is 1.20. The van der Waals surface area contributed by atoms with Crippen LogP contribution in [0.4, 0.5) is 17.1 Å². The minimum absolute atomic E-state index is 0.0174. The predicted octanol–water partition coefficient (Wildman–Crippen LogP) is 12.5. The van der Waals surface area contributed by atoms with E-state index in [-0.39, 0.29) is 5.41 Å². The van der Waals surface area contributed by atoms with Gasteiger partial charge in [-0.1, -0.05) is 153 Å². The first kappa shape index (κ1) is 27.9. The minimum Gasteiger partial charge on any atom is -0.311 e. The summed E-state index contributed by atoms with van der Waals surface area (Å²) in [4.78, 5) is 2.35. The van der Waals surface area contributed by atoms with Crippen LogP contribution in [0.15, 0.2) is 176 Å². The predicted molar refractivity (Wildman–Crippen MR) is 195 cm³/mol. The second-order valence-corrected chi connectivity index (χ2v) is 12.6. The third-order valence-electron chi connectivity index (χ3n) is 9.51. The average Bonchev–Trinajstić information content (AvgIpc) is 3.36. The molecule has 0 amide bonds. The Labute approximate surface area is 272 Å². The summed E-state index contributed by atoms with van der Waals surface area (Å²) in [6, 6.07) is 63.7. The molecular weight excluding hydrogens is 555 g/mol. The summed E-state index contributed by atoms with van der Waals surface area (Å²) in [5, 5.41) is 0. The molecular formula is C45H35N. The molecule has 0 bridgehead atoms. The molecule has 46 heavy (non-hydrogen) atoms. The van der Waals surface area contributed by atoms with Crippen LogP contribution in [-0.4, -0.2) is 0 Å². The normalized spacial score (nSPS) is 12.7. The summed E-state index contributed by atoms with van der Waals surface area (Å²) in [7, 11) is 0. The molecule has 0 atom stereocenters. The van der Waals surface area contributed by atoms with Crippen molar-refractivity contribution in [2.45, 2.75) is 19.3 Å². The van der Waals surface area contributed by atoms with Crippen molar-refractivity contribution in [3.8, 4) is 44.5 Å². The molecule has 8 rings (SSSR count). The van der Waals surface area contributed by atoms with E-state index < -0.39 is 0 Å². The van der Waals surface area contributed by atoms with Gasteiger partial charge < -0.3 is 4.90 Å². The second kappa shape index (κ2) is 11.4. The molecule has 1 nitrogen and oxygen atoms in total. The molecule has 7 aromatic carbocycles. The fraction of sp³-hybridized carbons (Fsp3) is 0.0667. The molecule has 1 aliphatic rings. The van der Waals surface area contributed by atoms with Crippen molar-refractivity contribution in [3.05, 3.63) is 187 Å². The van der Waals surface area contributed by atoms with Crippen molar-refractivity contribution in [2.24, 2.45) is 0 Å². The van der Waals surface area contributed by atoms with Gasteiger partial charge >= 0.3 is 0 Å². The van der Waals surface area contributed by atoms with E-state index >= 15 is 0 Å². The van der Waals surface area contributed by atoms with Crippen molar-refractivity contribution in [1.82, 2.24) is 0 Å². The van der Waals surface area contributed by atoms with Gasteiger partial charge in [0.1, 0.15) is 0 Å². The number of nitrogens with zero attached hydrogens (tertiary/aromatic N) is 1. The third-order valence-corrected chi connectivity index (χ3v) is 9.51. The SMILES string of the molecule is CC1(C)c2ccccc2-c2c(-c3ccc(N(c4ccc(-c5ccccc5)cc4)c4ccc(-c5ccccc5)cc4)cc3)cccc21. The first-order chi connectivity index (χ1) is 22.6. The lowest BCUT2D eigenvalue weighted by Gasteiger charge is -2.26. The Morgan fingerprint density at radius 1 is 0.326 bits per heavy atom. The van der Waals surface area contributed by atoms with Crippen LogP contribution in [0.2, 0.25) is 0 Å². The molecule has 7 aromatic rings. The van der Waals surface area contributed by atoms with Gasteiger partial charge in [-0.05, 0) is 92.0 Å². The van der Waals surface area contributed by atoms with Gasteiger partial charge in [0, 0.05) is 22.5 Å². The van der Waals surface area contributed by atoms with Crippen LogP contribution < -0.4 is 4.90 Å². The van der Waals surface area contributed by atoms with Gasteiger partial charge in [-0.2, -0.15) is 0 Å². The first-order valence-electron chi connectivity index (χ1n) is 16.0. The molecule has 220 valence electrons. The van der Waals surface area contributed by atoms with E-state index in [0.717, 1.165) is 17.1 Å². The van der Waals surface area contributed by atoms with Gasteiger partial charge in [0.15, 0.2) is 0 Å².